The summed E-state index contributed by atoms with van der Waals surface area (Å²) in [6.45, 7) is 3.21. The van der Waals surface area contributed by atoms with E-state index in [4.69, 9.17) is 4.74 Å². The van der Waals surface area contributed by atoms with Crippen LogP contribution in [-0.2, 0) is 11.3 Å². The first-order chi connectivity index (χ1) is 14.8. The summed E-state index contributed by atoms with van der Waals surface area (Å²) in [6, 6.07) is 6.59. The number of nitrogens with zero attached hydrogens (tertiary/aromatic N) is 2. The molecule has 1 saturated heterocycles. The van der Waals surface area contributed by atoms with E-state index in [1.54, 1.807) is 12.1 Å². The van der Waals surface area contributed by atoms with Gasteiger partial charge in [-0.15, -0.1) is 0 Å². The van der Waals surface area contributed by atoms with Crippen molar-refractivity contribution in [3.63, 3.8) is 0 Å². The van der Waals surface area contributed by atoms with Crippen LogP contribution in [0.5, 0.6) is 5.75 Å². The quantitative estimate of drug-likeness (QED) is 0.503. The smallest absolute Gasteiger partial charge is 0.422 e. The molecule has 1 unspecified atom stereocenters. The number of halogens is 3. The Bertz CT molecular complexity index is 746. The van der Waals surface area contributed by atoms with E-state index in [0.717, 1.165) is 44.2 Å². The van der Waals surface area contributed by atoms with E-state index in [1.807, 2.05) is 11.8 Å². The van der Waals surface area contributed by atoms with Crippen molar-refractivity contribution in [1.82, 2.24) is 15.5 Å². The highest BCUT2D eigenvalue weighted by Gasteiger charge is 2.32. The van der Waals surface area contributed by atoms with E-state index in [-0.39, 0.29) is 23.6 Å². The Balaban J connectivity index is 1.50. The maximum Gasteiger partial charge on any atom is 0.422 e. The molecule has 1 amide bonds. The third kappa shape index (κ3) is 7.33. The lowest BCUT2D eigenvalue weighted by molar-refractivity contribution is -0.153. The summed E-state index contributed by atoms with van der Waals surface area (Å²) in [6.07, 6.45) is 0.854. The molecule has 1 aliphatic carbocycles. The standard InChI is InChI=1S/C22H31F3N4O2/c1-2-26-21(27-13-16-7-9-19(10-8-16)31-15-22(23,24)25)28-18-11-12-29(14-18)20(30)17-5-3-4-6-17/h7-10,17-18H,2-6,11-15H2,1H3,(H2,26,27,28). The molecular formula is C22H31F3N4O2. The summed E-state index contributed by atoms with van der Waals surface area (Å²) in [7, 11) is 0. The first kappa shape index (κ1) is 23.2. The minimum Gasteiger partial charge on any atom is -0.484 e. The SMILES string of the molecule is CCNC(=NCc1ccc(OCC(F)(F)F)cc1)NC1CCN(C(=O)C2CCCC2)C1. The number of ether oxygens (including phenoxy) is 1. The van der Waals surface area contributed by atoms with E-state index >= 15 is 0 Å². The van der Waals surface area contributed by atoms with Crippen LogP contribution in [0.4, 0.5) is 13.2 Å². The van der Waals surface area contributed by atoms with Gasteiger partial charge in [0.05, 0.1) is 6.54 Å². The predicted molar refractivity (Wildman–Crippen MR) is 113 cm³/mol. The van der Waals surface area contributed by atoms with Crippen LogP contribution in [0.1, 0.15) is 44.6 Å². The van der Waals surface area contributed by atoms with Gasteiger partial charge in [0.1, 0.15) is 5.75 Å². The molecule has 31 heavy (non-hydrogen) atoms. The van der Waals surface area contributed by atoms with Gasteiger partial charge in [0.15, 0.2) is 12.6 Å². The molecule has 1 heterocycles. The van der Waals surface area contributed by atoms with Crippen LogP contribution in [0.15, 0.2) is 29.3 Å². The number of guanidine groups is 1. The molecule has 1 aliphatic heterocycles. The topological polar surface area (TPSA) is 66.0 Å². The lowest BCUT2D eigenvalue weighted by atomic mass is 10.1. The number of carbonyl (C=O) groups excluding carboxylic acids is 1. The molecule has 1 atom stereocenters. The number of aliphatic imine (C=N–C) groups is 1. The van der Waals surface area contributed by atoms with Gasteiger partial charge in [-0.3, -0.25) is 4.79 Å². The number of nitrogens with one attached hydrogen (secondary N) is 2. The van der Waals surface area contributed by atoms with Gasteiger partial charge >= 0.3 is 6.18 Å². The third-order valence-electron chi connectivity index (χ3n) is 5.63. The maximum atomic E-state index is 12.6. The van der Waals surface area contributed by atoms with Gasteiger partial charge in [0.25, 0.3) is 0 Å². The number of hydrogen-bond acceptors (Lipinski definition) is 3. The van der Waals surface area contributed by atoms with Crippen molar-refractivity contribution in [1.29, 1.82) is 0 Å². The first-order valence-corrected chi connectivity index (χ1v) is 11.0. The Morgan fingerprint density at radius 2 is 1.90 bits per heavy atom. The number of rotatable bonds is 7. The van der Waals surface area contributed by atoms with Gasteiger partial charge in [0.2, 0.25) is 5.91 Å². The van der Waals surface area contributed by atoms with Crippen LogP contribution in [0.3, 0.4) is 0 Å². The van der Waals surface area contributed by atoms with Crippen LogP contribution in [-0.4, -0.2) is 55.2 Å². The number of benzene rings is 1. The Morgan fingerprint density at radius 1 is 1.19 bits per heavy atom. The molecule has 6 nitrogen and oxygen atoms in total. The highest BCUT2D eigenvalue weighted by atomic mass is 19.4. The molecule has 9 heteroatoms. The molecular weight excluding hydrogens is 409 g/mol. The number of likely N-dealkylation sites (tertiary alicyclic amines) is 1. The highest BCUT2D eigenvalue weighted by molar-refractivity contribution is 5.81. The molecule has 2 N–H and O–H groups in total. The molecule has 3 rings (SSSR count). The fraction of sp³-hybridized carbons (Fsp3) is 0.636. The second-order valence-electron chi connectivity index (χ2n) is 8.14. The van der Waals surface area contributed by atoms with Crippen LogP contribution in [0, 0.1) is 5.92 Å². The zero-order valence-electron chi connectivity index (χ0n) is 17.9. The second-order valence-corrected chi connectivity index (χ2v) is 8.14. The molecule has 2 fully saturated rings. The van der Waals surface area contributed by atoms with E-state index in [9.17, 15) is 18.0 Å². The van der Waals surface area contributed by atoms with Crippen LogP contribution >= 0.6 is 0 Å². The summed E-state index contributed by atoms with van der Waals surface area (Å²) >= 11 is 0. The summed E-state index contributed by atoms with van der Waals surface area (Å²) in [5.74, 6) is 1.33. The normalized spacial score (nSPS) is 20.2. The van der Waals surface area contributed by atoms with Gasteiger partial charge in [-0.05, 0) is 43.9 Å². The number of alkyl halides is 3. The summed E-state index contributed by atoms with van der Waals surface area (Å²) < 4.78 is 41.4. The monoisotopic (exact) mass is 440 g/mol. The van der Waals surface area contributed by atoms with E-state index in [1.165, 1.54) is 12.1 Å². The van der Waals surface area contributed by atoms with Crippen molar-refractivity contribution in [2.24, 2.45) is 10.9 Å². The van der Waals surface area contributed by atoms with Crippen LogP contribution in [0.25, 0.3) is 0 Å². The van der Waals surface area contributed by atoms with E-state index in [2.05, 4.69) is 15.6 Å². The predicted octanol–water partition coefficient (Wildman–Crippen LogP) is 3.47. The Labute approximate surface area is 181 Å². The summed E-state index contributed by atoms with van der Waals surface area (Å²) in [5, 5.41) is 6.62. The molecule has 0 spiro atoms. The van der Waals surface area contributed by atoms with Gasteiger partial charge < -0.3 is 20.3 Å². The molecule has 172 valence electrons. The second kappa shape index (κ2) is 10.7. The Hall–Kier alpha value is -2.45. The average Bonchev–Trinajstić information content (AvgIpc) is 3.43. The first-order valence-electron chi connectivity index (χ1n) is 11.0. The van der Waals surface area contributed by atoms with Crippen molar-refractivity contribution in [2.45, 2.75) is 57.8 Å². The van der Waals surface area contributed by atoms with E-state index < -0.39 is 12.8 Å². The third-order valence-corrected chi connectivity index (χ3v) is 5.63. The summed E-state index contributed by atoms with van der Waals surface area (Å²) in [4.78, 5) is 19.2. The lowest BCUT2D eigenvalue weighted by Gasteiger charge is -2.21. The molecule has 2 aliphatic rings. The fourth-order valence-corrected chi connectivity index (χ4v) is 4.05. The van der Waals surface area contributed by atoms with Gasteiger partial charge in [-0.25, -0.2) is 4.99 Å². The minimum atomic E-state index is -4.35. The zero-order chi connectivity index (χ0) is 22.3. The molecule has 1 aromatic rings. The number of carbonyl (C=O) groups is 1. The van der Waals surface area contributed by atoms with Crippen molar-refractivity contribution in [3.05, 3.63) is 29.8 Å². The van der Waals surface area contributed by atoms with Gasteiger partial charge in [-0.2, -0.15) is 13.2 Å². The van der Waals surface area contributed by atoms with Crippen LogP contribution in [0.2, 0.25) is 0 Å². The lowest BCUT2D eigenvalue weighted by Crippen LogP contribution is -2.45. The molecule has 0 bridgehead atoms. The molecule has 1 saturated carbocycles. The maximum absolute atomic E-state index is 12.6. The highest BCUT2D eigenvalue weighted by Crippen LogP contribution is 2.28. The van der Waals surface area contributed by atoms with Crippen LogP contribution < -0.4 is 15.4 Å². The van der Waals surface area contributed by atoms with Gasteiger partial charge in [0, 0.05) is 31.6 Å². The fourth-order valence-electron chi connectivity index (χ4n) is 4.05. The van der Waals surface area contributed by atoms with Crippen molar-refractivity contribution in [3.8, 4) is 5.75 Å². The largest absolute Gasteiger partial charge is 0.484 e. The Kier molecular flexibility index (Phi) is 8.03. The summed E-state index contributed by atoms with van der Waals surface area (Å²) in [5.41, 5.74) is 0.862. The molecule has 1 aromatic carbocycles. The van der Waals surface area contributed by atoms with E-state index in [0.29, 0.717) is 25.6 Å². The molecule has 0 radical (unpaired) electrons. The molecule has 0 aromatic heterocycles. The number of hydrogen-bond donors (Lipinski definition) is 2. The van der Waals surface area contributed by atoms with Crippen molar-refractivity contribution in [2.75, 3.05) is 26.2 Å². The Morgan fingerprint density at radius 3 is 2.55 bits per heavy atom. The minimum absolute atomic E-state index is 0.154. The van der Waals surface area contributed by atoms with Gasteiger partial charge in [-0.1, -0.05) is 25.0 Å². The zero-order valence-corrected chi connectivity index (χ0v) is 17.9. The van der Waals surface area contributed by atoms with Crippen molar-refractivity contribution >= 4 is 11.9 Å². The number of amides is 1. The average molecular weight is 441 g/mol. The van der Waals surface area contributed by atoms with Crippen molar-refractivity contribution < 1.29 is 22.7 Å².